The molecule has 0 aromatic heterocycles. The maximum atomic E-state index is 12.3. The first-order valence-corrected chi connectivity index (χ1v) is 9.81. The summed E-state index contributed by atoms with van der Waals surface area (Å²) in [4.78, 5) is 26.6. The zero-order valence-corrected chi connectivity index (χ0v) is 17.2. The molecule has 1 fully saturated rings. The molecule has 30 heavy (non-hydrogen) atoms. The fraction of sp³-hybridized carbons (Fsp3) is 0.304. The number of carbonyl (C=O) groups is 2. The Bertz CT molecular complexity index is 871. The third kappa shape index (κ3) is 6.09. The molecule has 1 unspecified atom stereocenters. The van der Waals surface area contributed by atoms with Crippen LogP contribution in [0.5, 0.6) is 5.75 Å². The monoisotopic (exact) mass is 410 g/mol. The van der Waals surface area contributed by atoms with Crippen molar-refractivity contribution in [2.45, 2.75) is 13.0 Å². The lowest BCUT2D eigenvalue weighted by atomic mass is 10.2. The zero-order chi connectivity index (χ0) is 21.3. The lowest BCUT2D eigenvalue weighted by molar-refractivity contribution is -0.148. The Hall–Kier alpha value is -3.32. The van der Waals surface area contributed by atoms with Gasteiger partial charge in [0.2, 0.25) is 0 Å². The minimum Gasteiger partial charge on any atom is -0.497 e. The maximum absolute atomic E-state index is 12.3. The number of ether oxygens (including phenoxy) is 3. The Balaban J connectivity index is 1.48. The van der Waals surface area contributed by atoms with Crippen LogP contribution in [0.25, 0.3) is 6.08 Å². The molecule has 158 valence electrons. The van der Waals surface area contributed by atoms with Gasteiger partial charge >= 0.3 is 5.97 Å². The highest BCUT2D eigenvalue weighted by Crippen LogP contribution is 2.19. The van der Waals surface area contributed by atoms with Crippen LogP contribution in [0, 0.1) is 0 Å². The molecule has 2 aromatic carbocycles. The topological polar surface area (TPSA) is 77.1 Å². The van der Waals surface area contributed by atoms with Crippen LogP contribution in [0.3, 0.4) is 0 Å². The molecule has 1 heterocycles. The van der Waals surface area contributed by atoms with Crippen molar-refractivity contribution in [1.29, 1.82) is 0 Å². The van der Waals surface area contributed by atoms with Gasteiger partial charge in [-0.05, 0) is 55.0 Å². The van der Waals surface area contributed by atoms with Crippen molar-refractivity contribution in [2.75, 3.05) is 43.6 Å². The Kier molecular flexibility index (Phi) is 7.45. The van der Waals surface area contributed by atoms with E-state index in [1.165, 1.54) is 13.0 Å². The van der Waals surface area contributed by atoms with Gasteiger partial charge in [-0.3, -0.25) is 4.79 Å². The minimum atomic E-state index is -0.920. The predicted octanol–water partition coefficient (Wildman–Crippen LogP) is 3.12. The number of amides is 1. The number of carbonyl (C=O) groups excluding carboxylic acids is 2. The summed E-state index contributed by atoms with van der Waals surface area (Å²) in [6.45, 7) is 4.67. The predicted molar refractivity (Wildman–Crippen MR) is 116 cm³/mol. The number of methoxy groups -OCH3 is 1. The summed E-state index contributed by atoms with van der Waals surface area (Å²) in [5.74, 6) is -0.241. The van der Waals surface area contributed by atoms with Crippen LogP contribution in [0.2, 0.25) is 0 Å². The van der Waals surface area contributed by atoms with Crippen LogP contribution in [0.4, 0.5) is 11.4 Å². The molecule has 2 aromatic rings. The molecule has 7 nitrogen and oxygen atoms in total. The van der Waals surface area contributed by atoms with Crippen LogP contribution in [-0.4, -0.2) is 51.4 Å². The highest BCUT2D eigenvalue weighted by Gasteiger charge is 2.17. The van der Waals surface area contributed by atoms with Gasteiger partial charge in [0.15, 0.2) is 6.10 Å². The molecule has 0 aliphatic carbocycles. The molecule has 1 atom stereocenters. The van der Waals surface area contributed by atoms with E-state index in [9.17, 15) is 9.59 Å². The Labute approximate surface area is 176 Å². The highest BCUT2D eigenvalue weighted by molar-refractivity contribution is 5.96. The number of anilines is 2. The normalized spacial score (nSPS) is 14.9. The first-order chi connectivity index (χ1) is 14.5. The lowest BCUT2D eigenvalue weighted by Gasteiger charge is -2.28. The van der Waals surface area contributed by atoms with Crippen LogP contribution in [-0.2, 0) is 19.1 Å². The summed E-state index contributed by atoms with van der Waals surface area (Å²) >= 11 is 0. The van der Waals surface area contributed by atoms with Gasteiger partial charge in [-0.25, -0.2) is 4.79 Å². The summed E-state index contributed by atoms with van der Waals surface area (Å²) in [6.07, 6.45) is 2.00. The average molecular weight is 410 g/mol. The standard InChI is InChI=1S/C23H26N2O5/c1-17(30-22(26)12-5-18-3-10-21(28-2)11-4-18)23(27)24-19-6-8-20(9-7-19)25-13-15-29-16-14-25/h3-12,17H,13-16H2,1-2H3,(H,24,27)/b12-5+. The summed E-state index contributed by atoms with van der Waals surface area (Å²) in [5, 5.41) is 2.77. The number of nitrogens with zero attached hydrogens (tertiary/aromatic N) is 1. The van der Waals surface area contributed by atoms with E-state index >= 15 is 0 Å². The van der Waals surface area contributed by atoms with Crippen molar-refractivity contribution in [3.8, 4) is 5.75 Å². The molecule has 1 N–H and O–H groups in total. The van der Waals surface area contributed by atoms with Gasteiger partial charge in [-0.15, -0.1) is 0 Å². The van der Waals surface area contributed by atoms with Crippen LogP contribution >= 0.6 is 0 Å². The summed E-state index contributed by atoms with van der Waals surface area (Å²) in [5.41, 5.74) is 2.55. The second-order valence-electron chi connectivity index (χ2n) is 6.82. The van der Waals surface area contributed by atoms with Gasteiger partial charge in [0, 0.05) is 30.5 Å². The SMILES string of the molecule is COc1ccc(/C=C/C(=O)OC(C)C(=O)Nc2ccc(N3CCOCC3)cc2)cc1. The molecule has 1 aliphatic rings. The molecule has 1 aliphatic heterocycles. The van der Waals surface area contributed by atoms with E-state index in [4.69, 9.17) is 14.2 Å². The molecule has 0 bridgehead atoms. The second kappa shape index (κ2) is 10.5. The molecule has 1 saturated heterocycles. The Morgan fingerprint density at radius 1 is 1.07 bits per heavy atom. The van der Waals surface area contributed by atoms with Crippen LogP contribution in [0.1, 0.15) is 12.5 Å². The van der Waals surface area contributed by atoms with Gasteiger partial charge in [0.1, 0.15) is 5.75 Å². The van der Waals surface area contributed by atoms with Gasteiger partial charge in [-0.2, -0.15) is 0 Å². The summed E-state index contributed by atoms with van der Waals surface area (Å²) in [7, 11) is 1.59. The van der Waals surface area contributed by atoms with E-state index in [2.05, 4.69) is 10.2 Å². The number of hydrogen-bond donors (Lipinski definition) is 1. The van der Waals surface area contributed by atoms with E-state index in [1.807, 2.05) is 36.4 Å². The van der Waals surface area contributed by atoms with E-state index in [-0.39, 0.29) is 5.91 Å². The quantitative estimate of drug-likeness (QED) is 0.558. The van der Waals surface area contributed by atoms with E-state index in [1.54, 1.807) is 25.3 Å². The van der Waals surface area contributed by atoms with Crippen LogP contribution < -0.4 is 15.0 Å². The van der Waals surface area contributed by atoms with Crippen molar-refractivity contribution < 1.29 is 23.8 Å². The number of hydrogen-bond acceptors (Lipinski definition) is 6. The summed E-state index contributed by atoms with van der Waals surface area (Å²) in [6, 6.07) is 14.8. The first-order valence-electron chi connectivity index (χ1n) is 9.81. The average Bonchev–Trinajstić information content (AvgIpc) is 2.79. The van der Waals surface area contributed by atoms with Gasteiger partial charge < -0.3 is 24.4 Å². The molecule has 3 rings (SSSR count). The number of esters is 1. The Morgan fingerprint density at radius 2 is 1.73 bits per heavy atom. The fourth-order valence-corrected chi connectivity index (χ4v) is 2.97. The van der Waals surface area contributed by atoms with Gasteiger partial charge in [0.25, 0.3) is 5.91 Å². The van der Waals surface area contributed by atoms with Crippen molar-refractivity contribution >= 4 is 29.3 Å². The fourth-order valence-electron chi connectivity index (χ4n) is 2.97. The molecule has 0 radical (unpaired) electrons. The van der Waals surface area contributed by atoms with E-state index in [0.29, 0.717) is 18.9 Å². The third-order valence-electron chi connectivity index (χ3n) is 4.70. The molecule has 7 heteroatoms. The smallest absolute Gasteiger partial charge is 0.331 e. The van der Waals surface area contributed by atoms with Crippen LogP contribution in [0.15, 0.2) is 54.6 Å². The largest absolute Gasteiger partial charge is 0.497 e. The molecular weight excluding hydrogens is 384 g/mol. The van der Waals surface area contributed by atoms with Crippen molar-refractivity contribution in [3.63, 3.8) is 0 Å². The first kappa shape index (κ1) is 21.4. The van der Waals surface area contributed by atoms with E-state index < -0.39 is 12.1 Å². The van der Waals surface area contributed by atoms with E-state index in [0.717, 1.165) is 30.1 Å². The highest BCUT2D eigenvalue weighted by atomic mass is 16.5. The minimum absolute atomic E-state index is 0.389. The molecular formula is C23H26N2O5. The number of nitrogens with one attached hydrogen (secondary N) is 1. The van der Waals surface area contributed by atoms with Crippen molar-refractivity contribution in [3.05, 3.63) is 60.2 Å². The Morgan fingerprint density at radius 3 is 2.37 bits per heavy atom. The zero-order valence-electron chi connectivity index (χ0n) is 17.2. The van der Waals surface area contributed by atoms with Crippen molar-refractivity contribution in [2.24, 2.45) is 0 Å². The maximum Gasteiger partial charge on any atom is 0.331 e. The second-order valence-corrected chi connectivity index (χ2v) is 6.82. The molecule has 0 spiro atoms. The lowest BCUT2D eigenvalue weighted by Crippen LogP contribution is -2.36. The number of rotatable bonds is 7. The number of morpholine rings is 1. The van der Waals surface area contributed by atoms with Gasteiger partial charge in [0.05, 0.1) is 20.3 Å². The van der Waals surface area contributed by atoms with Gasteiger partial charge in [-0.1, -0.05) is 12.1 Å². The molecule has 0 saturated carbocycles. The summed E-state index contributed by atoms with van der Waals surface area (Å²) < 4.78 is 15.6. The molecule has 1 amide bonds. The van der Waals surface area contributed by atoms with Crippen molar-refractivity contribution in [1.82, 2.24) is 0 Å². The third-order valence-corrected chi connectivity index (χ3v) is 4.70. The number of benzene rings is 2.